The van der Waals surface area contributed by atoms with Crippen molar-refractivity contribution in [2.24, 2.45) is 0 Å². The van der Waals surface area contributed by atoms with Crippen LogP contribution in [0.25, 0.3) is 0 Å². The molecule has 1 N–H and O–H groups in total. The highest BCUT2D eigenvalue weighted by atomic mass is 32.2. The maximum Gasteiger partial charge on any atom is 0.241 e. The van der Waals surface area contributed by atoms with Gasteiger partial charge in [-0.2, -0.15) is 4.72 Å². The predicted molar refractivity (Wildman–Crippen MR) is 111 cm³/mol. The highest BCUT2D eigenvalue weighted by molar-refractivity contribution is 7.89. The Bertz CT molecular complexity index is 935. The van der Waals surface area contributed by atoms with Gasteiger partial charge in [0, 0.05) is 0 Å². The lowest BCUT2D eigenvalue weighted by molar-refractivity contribution is 0.572. The van der Waals surface area contributed by atoms with Crippen molar-refractivity contribution in [1.82, 2.24) is 4.72 Å². The molecule has 0 saturated heterocycles. The Morgan fingerprint density at radius 2 is 1.62 bits per heavy atom. The van der Waals surface area contributed by atoms with Gasteiger partial charge >= 0.3 is 0 Å². The summed E-state index contributed by atoms with van der Waals surface area (Å²) < 4.78 is 29.0. The normalized spacial score (nSPS) is 13.1. The monoisotopic (exact) mass is 385 g/mol. The van der Waals surface area contributed by atoms with E-state index in [0.29, 0.717) is 0 Å². The van der Waals surface area contributed by atoms with Crippen molar-refractivity contribution >= 4 is 18.1 Å². The molecule has 1 atom stereocenters. The second kappa shape index (κ2) is 7.76. The molecule has 0 saturated carbocycles. The molecule has 138 valence electrons. The topological polar surface area (TPSA) is 46.2 Å². The van der Waals surface area contributed by atoms with E-state index in [9.17, 15) is 8.42 Å². The van der Waals surface area contributed by atoms with Crippen LogP contribution in [0.3, 0.4) is 0 Å². The molecule has 0 fully saturated rings. The Labute approximate surface area is 158 Å². The third-order valence-corrected chi connectivity index (χ3v) is 7.91. The molecule has 2 aromatic carbocycles. The van der Waals surface area contributed by atoms with Gasteiger partial charge in [-0.1, -0.05) is 68.2 Å². The first-order chi connectivity index (χ1) is 12.1. The van der Waals surface area contributed by atoms with Gasteiger partial charge in [-0.25, -0.2) is 8.42 Å². The Hall–Kier alpha value is -1.91. The highest BCUT2D eigenvalue weighted by Gasteiger charge is 2.32. The third kappa shape index (κ3) is 4.62. The molecular weight excluding hydrogens is 358 g/mol. The van der Waals surface area contributed by atoms with E-state index in [4.69, 9.17) is 0 Å². The molecule has 0 aliphatic carbocycles. The second-order valence-electron chi connectivity index (χ2n) is 7.56. The molecule has 26 heavy (non-hydrogen) atoms. The lowest BCUT2D eigenvalue weighted by Gasteiger charge is -2.29. The van der Waals surface area contributed by atoms with Crippen molar-refractivity contribution in [3.63, 3.8) is 0 Å². The van der Waals surface area contributed by atoms with Crippen LogP contribution in [-0.2, 0) is 10.0 Å². The summed E-state index contributed by atoms with van der Waals surface area (Å²) in [6.45, 7) is 14.3. The van der Waals surface area contributed by atoms with Crippen LogP contribution < -0.4 is 4.72 Å². The average Bonchev–Trinajstić information content (AvgIpc) is 2.54. The van der Waals surface area contributed by atoms with Gasteiger partial charge in [0.05, 0.1) is 19.0 Å². The Morgan fingerprint density at radius 1 is 1.04 bits per heavy atom. The molecule has 0 aliphatic heterocycles. The summed E-state index contributed by atoms with van der Waals surface area (Å²) in [7, 11) is -5.52. The standard InChI is InChI=1S/C21H27NO2SSi/c1-7-20(26(4,5)6)21(19-11-9-8-10-17(19)3)22-25(23,24)18-14-12-16(2)13-15-18/h8-15,21-22H,1H2,2-6H3/t21-/m1/s1. The molecule has 0 spiro atoms. The van der Waals surface area contributed by atoms with Crippen molar-refractivity contribution < 1.29 is 8.42 Å². The fraction of sp³-hybridized carbons (Fsp3) is 0.286. The summed E-state index contributed by atoms with van der Waals surface area (Å²) >= 11 is 0. The quantitative estimate of drug-likeness (QED) is 0.567. The molecule has 2 rings (SSSR count). The van der Waals surface area contributed by atoms with Gasteiger partial charge in [0.25, 0.3) is 0 Å². The number of benzene rings is 2. The number of sulfonamides is 1. The minimum atomic E-state index is -3.67. The Balaban J connectivity index is 2.57. The van der Waals surface area contributed by atoms with E-state index in [0.717, 1.165) is 21.9 Å². The second-order valence-corrected chi connectivity index (χ2v) is 14.3. The zero-order valence-electron chi connectivity index (χ0n) is 16.1. The van der Waals surface area contributed by atoms with Crippen molar-refractivity contribution in [2.45, 2.75) is 44.4 Å². The van der Waals surface area contributed by atoms with Crippen LogP contribution >= 0.6 is 0 Å². The van der Waals surface area contributed by atoms with Crippen LogP contribution in [0.2, 0.25) is 19.6 Å². The summed E-state index contributed by atoms with van der Waals surface area (Å²) in [5, 5.41) is 0.947. The number of hydrogen-bond acceptors (Lipinski definition) is 2. The molecule has 0 heterocycles. The zero-order chi connectivity index (χ0) is 19.5. The van der Waals surface area contributed by atoms with Gasteiger partial charge in [0.2, 0.25) is 10.0 Å². The smallest absolute Gasteiger partial charge is 0.207 e. The van der Waals surface area contributed by atoms with Crippen LogP contribution in [0, 0.1) is 13.8 Å². The Kier molecular flexibility index (Phi) is 6.09. The van der Waals surface area contributed by atoms with Gasteiger partial charge in [-0.3, -0.25) is 0 Å². The Morgan fingerprint density at radius 3 is 2.12 bits per heavy atom. The lowest BCUT2D eigenvalue weighted by atomic mass is 10.0. The minimum Gasteiger partial charge on any atom is -0.207 e. The zero-order valence-corrected chi connectivity index (χ0v) is 17.9. The van der Waals surface area contributed by atoms with Gasteiger partial charge in [-0.15, -0.1) is 5.73 Å². The van der Waals surface area contributed by atoms with Crippen LogP contribution in [-0.4, -0.2) is 16.5 Å². The van der Waals surface area contributed by atoms with Gasteiger partial charge in [0.15, 0.2) is 0 Å². The average molecular weight is 386 g/mol. The minimum absolute atomic E-state index is 0.265. The van der Waals surface area contributed by atoms with Crippen molar-refractivity contribution in [2.75, 3.05) is 0 Å². The lowest BCUT2D eigenvalue weighted by Crippen LogP contribution is -2.38. The molecular formula is C21H27NO2SSi. The first-order valence-corrected chi connectivity index (χ1v) is 13.6. The summed E-state index contributed by atoms with van der Waals surface area (Å²) in [5.74, 6) is 0. The molecule has 0 aliphatic rings. The fourth-order valence-corrected chi connectivity index (χ4v) is 5.84. The SMILES string of the molecule is C=C=C([C@H](NS(=O)(=O)c1ccc(C)cc1)c1ccccc1C)[Si](C)(C)C. The van der Waals surface area contributed by atoms with E-state index in [-0.39, 0.29) is 4.90 Å². The fourth-order valence-electron chi connectivity index (χ4n) is 2.93. The van der Waals surface area contributed by atoms with Gasteiger partial charge in [0.1, 0.15) is 0 Å². The molecule has 3 nitrogen and oxygen atoms in total. The largest absolute Gasteiger partial charge is 0.241 e. The van der Waals surface area contributed by atoms with Crippen LogP contribution in [0.1, 0.15) is 22.7 Å². The maximum atomic E-state index is 13.0. The van der Waals surface area contributed by atoms with E-state index in [1.54, 1.807) is 24.3 Å². The summed E-state index contributed by atoms with van der Waals surface area (Å²) in [4.78, 5) is 0.265. The first kappa shape index (κ1) is 20.4. The first-order valence-electron chi connectivity index (χ1n) is 8.61. The third-order valence-electron chi connectivity index (χ3n) is 4.39. The maximum absolute atomic E-state index is 13.0. The molecule has 5 heteroatoms. The van der Waals surface area contributed by atoms with Gasteiger partial charge in [-0.05, 0) is 42.3 Å². The number of rotatable bonds is 6. The van der Waals surface area contributed by atoms with E-state index >= 15 is 0 Å². The van der Waals surface area contributed by atoms with Crippen LogP contribution in [0.4, 0.5) is 0 Å². The molecule has 0 unspecified atom stereocenters. The van der Waals surface area contributed by atoms with E-state index in [2.05, 4.69) is 36.7 Å². The molecule has 0 amide bonds. The summed E-state index contributed by atoms with van der Waals surface area (Å²) in [5.41, 5.74) is 6.05. The van der Waals surface area contributed by atoms with Crippen molar-refractivity contribution in [1.29, 1.82) is 0 Å². The summed E-state index contributed by atoms with van der Waals surface area (Å²) in [6.07, 6.45) is 0. The van der Waals surface area contributed by atoms with E-state index in [1.807, 2.05) is 38.1 Å². The van der Waals surface area contributed by atoms with Crippen LogP contribution in [0.5, 0.6) is 0 Å². The number of nitrogens with one attached hydrogen (secondary N) is 1. The van der Waals surface area contributed by atoms with Crippen molar-refractivity contribution in [3.8, 4) is 0 Å². The van der Waals surface area contributed by atoms with Crippen LogP contribution in [0.15, 0.2) is 70.9 Å². The molecule has 0 radical (unpaired) electrons. The van der Waals surface area contributed by atoms with Gasteiger partial charge < -0.3 is 0 Å². The predicted octanol–water partition coefficient (Wildman–Crippen LogP) is 4.91. The number of hydrogen-bond donors (Lipinski definition) is 1. The molecule has 2 aromatic rings. The highest BCUT2D eigenvalue weighted by Crippen LogP contribution is 2.32. The molecule has 0 bridgehead atoms. The molecule has 0 aromatic heterocycles. The van der Waals surface area contributed by atoms with E-state index < -0.39 is 24.1 Å². The van der Waals surface area contributed by atoms with E-state index in [1.165, 1.54) is 0 Å². The van der Waals surface area contributed by atoms with Crippen molar-refractivity contribution in [3.05, 3.63) is 82.7 Å². The number of aryl methyl sites for hydroxylation is 2. The summed E-state index contributed by atoms with van der Waals surface area (Å²) in [6, 6.07) is 14.3.